The van der Waals surface area contributed by atoms with Crippen molar-refractivity contribution in [2.75, 3.05) is 20.3 Å². The Balaban J connectivity index is 1.85. The van der Waals surface area contributed by atoms with E-state index >= 15 is 0 Å². The van der Waals surface area contributed by atoms with E-state index in [-0.39, 0.29) is 12.3 Å². The van der Waals surface area contributed by atoms with Crippen molar-refractivity contribution in [1.82, 2.24) is 15.5 Å². The van der Waals surface area contributed by atoms with Crippen LogP contribution >= 0.6 is 11.3 Å². The lowest BCUT2D eigenvalue weighted by molar-refractivity contribution is -0.114. The van der Waals surface area contributed by atoms with Crippen molar-refractivity contribution in [2.45, 2.75) is 13.0 Å². The predicted octanol–water partition coefficient (Wildman–Crippen LogP) is 1.24. The summed E-state index contributed by atoms with van der Waals surface area (Å²) in [6.07, 6.45) is 2.13. The molecule has 2 aromatic rings. The van der Waals surface area contributed by atoms with Crippen molar-refractivity contribution in [3.05, 3.63) is 35.3 Å². The van der Waals surface area contributed by atoms with Crippen LogP contribution in [0.4, 0.5) is 0 Å². The number of hydrogen-bond donors (Lipinski definition) is 2. The molecule has 0 unspecified atom stereocenters. The Morgan fingerprint density at radius 1 is 1.36 bits per heavy atom. The number of methoxy groups -OCH3 is 1. The number of hydrazone groups is 1. The van der Waals surface area contributed by atoms with Crippen molar-refractivity contribution in [3.8, 4) is 10.6 Å². The molecule has 2 rings (SSSR count). The molecule has 8 nitrogen and oxygen atoms in total. The Morgan fingerprint density at radius 2 is 2.16 bits per heavy atom. The third-order valence-corrected chi connectivity index (χ3v) is 4.08. The molecule has 0 atom stereocenters. The largest absolute Gasteiger partial charge is 0.385 e. The van der Waals surface area contributed by atoms with Crippen LogP contribution in [0.1, 0.15) is 11.4 Å². The number of benzene rings is 1. The average molecular weight is 360 g/mol. The van der Waals surface area contributed by atoms with Crippen LogP contribution in [-0.2, 0) is 16.1 Å². The first-order valence-corrected chi connectivity index (χ1v) is 8.49. The molecule has 3 N–H and O–H groups in total. The quantitative estimate of drug-likeness (QED) is 0.302. The lowest BCUT2D eigenvalue weighted by atomic mass is 10.2. The zero-order valence-electron chi connectivity index (χ0n) is 13.9. The molecule has 0 aliphatic heterocycles. The molecule has 0 saturated heterocycles. The molecule has 25 heavy (non-hydrogen) atoms. The van der Waals surface area contributed by atoms with Crippen LogP contribution in [0.5, 0.6) is 0 Å². The predicted molar refractivity (Wildman–Crippen MR) is 98.7 cm³/mol. The normalized spacial score (nSPS) is 11.8. The Hall–Kier alpha value is -2.65. The number of aromatic nitrogens is 2. The molecule has 132 valence electrons. The highest BCUT2D eigenvalue weighted by molar-refractivity contribution is 7.14. The summed E-state index contributed by atoms with van der Waals surface area (Å²) in [6, 6.07) is 9.74. The topological polar surface area (TPSA) is 115 Å². The molecular formula is C16H20N6O2S. The van der Waals surface area contributed by atoms with Gasteiger partial charge in [-0.1, -0.05) is 41.7 Å². The van der Waals surface area contributed by atoms with E-state index in [9.17, 15) is 4.79 Å². The molecular weight excluding hydrogens is 340 g/mol. The van der Waals surface area contributed by atoms with Gasteiger partial charge < -0.3 is 15.9 Å². The number of carbonyl (C=O) groups is 1. The Kier molecular flexibility index (Phi) is 7.67. The van der Waals surface area contributed by atoms with Crippen LogP contribution in [0.2, 0.25) is 0 Å². The van der Waals surface area contributed by atoms with E-state index in [1.54, 1.807) is 7.11 Å². The van der Waals surface area contributed by atoms with Crippen molar-refractivity contribution in [2.24, 2.45) is 15.9 Å². The molecule has 1 aromatic carbocycles. The summed E-state index contributed by atoms with van der Waals surface area (Å²) in [5.41, 5.74) is 1.05. The van der Waals surface area contributed by atoms with Gasteiger partial charge in [-0.15, -0.1) is 10.2 Å². The molecule has 0 radical (unpaired) electrons. The minimum Gasteiger partial charge on any atom is -0.385 e. The molecule has 0 fully saturated rings. The summed E-state index contributed by atoms with van der Waals surface area (Å²) >= 11 is 1.42. The van der Waals surface area contributed by atoms with Crippen molar-refractivity contribution >= 4 is 29.2 Å². The molecule has 0 saturated carbocycles. The van der Waals surface area contributed by atoms with Crippen molar-refractivity contribution in [3.63, 3.8) is 0 Å². The maximum atomic E-state index is 12.1. The summed E-state index contributed by atoms with van der Waals surface area (Å²) in [6.45, 7) is 1.40. The minimum absolute atomic E-state index is 0.0604. The van der Waals surface area contributed by atoms with Gasteiger partial charge in [0.2, 0.25) is 0 Å². The summed E-state index contributed by atoms with van der Waals surface area (Å²) in [4.78, 5) is 16.2. The van der Waals surface area contributed by atoms with Crippen LogP contribution in [0.3, 0.4) is 0 Å². The third kappa shape index (κ3) is 6.05. The van der Waals surface area contributed by atoms with Crippen LogP contribution in [0, 0.1) is 0 Å². The van der Waals surface area contributed by atoms with Gasteiger partial charge in [-0.3, -0.25) is 9.79 Å². The molecule has 0 aliphatic rings. The van der Waals surface area contributed by atoms with Crippen LogP contribution < -0.4 is 11.2 Å². The van der Waals surface area contributed by atoms with E-state index in [1.165, 1.54) is 17.6 Å². The maximum absolute atomic E-state index is 12.1. The standard InChI is InChI=1S/C16H20N6O2S/c1-24-9-5-8-18-10-13(20-17)15(23)19-11-14-21-22-16(25-14)12-6-3-2-4-7-12/h2-4,6-7,10H,5,8-9,11,17H2,1H3,(H,19,23)/b18-10?,20-13+. The first kappa shape index (κ1) is 18.7. The van der Waals surface area contributed by atoms with E-state index < -0.39 is 5.91 Å². The van der Waals surface area contributed by atoms with Gasteiger partial charge in [0.25, 0.3) is 5.91 Å². The molecule has 1 aromatic heterocycles. The number of rotatable bonds is 9. The monoisotopic (exact) mass is 360 g/mol. The number of hydrogen-bond acceptors (Lipinski definition) is 8. The van der Waals surface area contributed by atoms with E-state index in [4.69, 9.17) is 10.6 Å². The van der Waals surface area contributed by atoms with Gasteiger partial charge in [-0.2, -0.15) is 5.10 Å². The number of carbonyl (C=O) groups excluding carboxylic acids is 1. The van der Waals surface area contributed by atoms with Gasteiger partial charge in [-0.05, 0) is 6.42 Å². The van der Waals surface area contributed by atoms with E-state index in [0.717, 1.165) is 17.0 Å². The van der Waals surface area contributed by atoms with Crippen LogP contribution in [-0.4, -0.2) is 48.3 Å². The van der Waals surface area contributed by atoms with Crippen LogP contribution in [0.25, 0.3) is 10.6 Å². The Morgan fingerprint density at radius 3 is 2.88 bits per heavy atom. The SMILES string of the molecule is COCCCN=C/C(=N\N)C(=O)NCc1nnc(-c2ccccc2)s1. The fraction of sp³-hybridized carbons (Fsp3) is 0.312. The fourth-order valence-electron chi connectivity index (χ4n) is 1.87. The van der Waals surface area contributed by atoms with Gasteiger partial charge in [-0.25, -0.2) is 0 Å². The zero-order valence-corrected chi connectivity index (χ0v) is 14.7. The van der Waals surface area contributed by atoms with Gasteiger partial charge >= 0.3 is 0 Å². The molecule has 0 spiro atoms. The van der Waals surface area contributed by atoms with E-state index in [1.807, 2.05) is 30.3 Å². The van der Waals surface area contributed by atoms with Gasteiger partial charge in [0.1, 0.15) is 10.0 Å². The maximum Gasteiger partial charge on any atom is 0.273 e. The highest BCUT2D eigenvalue weighted by Gasteiger charge is 2.11. The number of nitrogens with two attached hydrogens (primary N) is 1. The summed E-state index contributed by atoms with van der Waals surface area (Å²) < 4.78 is 4.92. The number of nitrogens with one attached hydrogen (secondary N) is 1. The summed E-state index contributed by atoms with van der Waals surface area (Å²) in [5, 5.41) is 15.9. The third-order valence-electron chi connectivity index (χ3n) is 3.11. The second-order valence-corrected chi connectivity index (χ2v) is 6.01. The van der Waals surface area contributed by atoms with E-state index in [0.29, 0.717) is 18.2 Å². The number of aliphatic imine (C=N–C) groups is 1. The first-order chi connectivity index (χ1) is 12.2. The van der Waals surface area contributed by atoms with Crippen molar-refractivity contribution < 1.29 is 9.53 Å². The van der Waals surface area contributed by atoms with Gasteiger partial charge in [0.15, 0.2) is 5.71 Å². The lowest BCUT2D eigenvalue weighted by Gasteiger charge is -2.01. The van der Waals surface area contributed by atoms with Gasteiger partial charge in [0, 0.05) is 25.8 Å². The Bertz CT molecular complexity index is 729. The van der Waals surface area contributed by atoms with Gasteiger partial charge in [0.05, 0.1) is 12.8 Å². The highest BCUT2D eigenvalue weighted by Crippen LogP contribution is 2.22. The second-order valence-electron chi connectivity index (χ2n) is 4.95. The van der Waals surface area contributed by atoms with Crippen LogP contribution in [0.15, 0.2) is 40.4 Å². The van der Waals surface area contributed by atoms with E-state index in [2.05, 4.69) is 25.6 Å². The first-order valence-electron chi connectivity index (χ1n) is 7.67. The smallest absolute Gasteiger partial charge is 0.273 e. The summed E-state index contributed by atoms with van der Waals surface area (Å²) in [5.74, 6) is 4.84. The molecule has 0 bridgehead atoms. The second kappa shape index (κ2) is 10.3. The minimum atomic E-state index is -0.408. The average Bonchev–Trinajstić information content (AvgIpc) is 3.12. The molecule has 1 heterocycles. The number of nitrogens with zero attached hydrogens (tertiary/aromatic N) is 4. The zero-order chi connectivity index (χ0) is 17.9. The number of ether oxygens (including phenoxy) is 1. The Labute approximate surface area is 149 Å². The number of amides is 1. The highest BCUT2D eigenvalue weighted by atomic mass is 32.1. The summed E-state index contributed by atoms with van der Waals surface area (Å²) in [7, 11) is 1.63. The molecule has 9 heteroatoms. The molecule has 1 amide bonds. The van der Waals surface area contributed by atoms with Crippen molar-refractivity contribution in [1.29, 1.82) is 0 Å². The fourth-order valence-corrected chi connectivity index (χ4v) is 2.66. The molecule has 0 aliphatic carbocycles. The lowest BCUT2D eigenvalue weighted by Crippen LogP contribution is -2.32.